The number of ether oxygens (including phenoxy) is 1. The number of aromatic nitrogens is 2. The Morgan fingerprint density at radius 1 is 1.32 bits per heavy atom. The van der Waals surface area contributed by atoms with Gasteiger partial charge in [-0.15, -0.1) is 0 Å². The van der Waals surface area contributed by atoms with Crippen molar-refractivity contribution in [2.75, 3.05) is 13.1 Å². The van der Waals surface area contributed by atoms with Gasteiger partial charge in [0.05, 0.1) is 5.56 Å². The number of H-pyrrole nitrogens is 1. The number of aromatic amines is 1. The zero-order valence-electron chi connectivity index (χ0n) is 15.2. The van der Waals surface area contributed by atoms with Gasteiger partial charge >= 0.3 is 6.18 Å². The molecule has 3 rings (SSSR count). The Morgan fingerprint density at radius 2 is 2.04 bits per heavy atom. The smallest absolute Gasteiger partial charge is 0.416 e. The number of nitrogens with one attached hydrogen (secondary N) is 2. The molecule has 0 radical (unpaired) electrons. The standard InChI is InChI=1S/C19H20F3N3O3/c1-11(12-2-4-13(5-3-12)19(20,21)22)8-16(26)15-9-17(27)25-18(24-15)28-14-6-7-23-10-14/h2-5,9,11,14,23H,6-8,10H2,1H3,(H,24,25,27). The van der Waals surface area contributed by atoms with Gasteiger partial charge in [0, 0.05) is 19.0 Å². The molecule has 0 amide bonds. The van der Waals surface area contributed by atoms with Crippen LogP contribution >= 0.6 is 0 Å². The molecule has 1 aromatic carbocycles. The second kappa shape index (κ2) is 8.14. The molecule has 1 aromatic heterocycles. The molecule has 9 heteroatoms. The maximum Gasteiger partial charge on any atom is 0.416 e. The zero-order chi connectivity index (χ0) is 20.3. The van der Waals surface area contributed by atoms with Crippen LogP contribution < -0.4 is 15.6 Å². The van der Waals surface area contributed by atoms with Crippen molar-refractivity contribution in [2.45, 2.75) is 38.0 Å². The molecule has 0 saturated carbocycles. The van der Waals surface area contributed by atoms with E-state index in [9.17, 15) is 22.8 Å². The van der Waals surface area contributed by atoms with Crippen LogP contribution in [0, 0.1) is 0 Å². The summed E-state index contributed by atoms with van der Waals surface area (Å²) in [7, 11) is 0. The number of alkyl halides is 3. The third-order valence-electron chi connectivity index (χ3n) is 4.60. The predicted octanol–water partition coefficient (Wildman–Crippen LogP) is 2.91. The molecule has 2 heterocycles. The summed E-state index contributed by atoms with van der Waals surface area (Å²) in [6, 6.07) is 5.78. The SMILES string of the molecule is CC(CC(=O)c1cc(=O)[nH]c(OC2CCNC2)n1)c1ccc(C(F)(F)F)cc1. The number of carbonyl (C=O) groups excluding carboxylic acids is 1. The van der Waals surface area contributed by atoms with E-state index in [4.69, 9.17) is 4.74 Å². The number of benzene rings is 1. The molecule has 1 fully saturated rings. The normalized spacial score (nSPS) is 18.1. The number of nitrogens with zero attached hydrogens (tertiary/aromatic N) is 1. The van der Waals surface area contributed by atoms with Gasteiger partial charge in [0.1, 0.15) is 11.8 Å². The average Bonchev–Trinajstić information content (AvgIpc) is 3.13. The van der Waals surface area contributed by atoms with Gasteiger partial charge in [-0.3, -0.25) is 14.6 Å². The molecule has 2 unspecified atom stereocenters. The summed E-state index contributed by atoms with van der Waals surface area (Å²) in [5, 5.41) is 3.12. The average molecular weight is 395 g/mol. The third kappa shape index (κ3) is 4.98. The molecule has 28 heavy (non-hydrogen) atoms. The quantitative estimate of drug-likeness (QED) is 0.735. The van der Waals surface area contributed by atoms with Crippen LogP contribution in [0.15, 0.2) is 35.1 Å². The van der Waals surface area contributed by atoms with Crippen molar-refractivity contribution in [1.82, 2.24) is 15.3 Å². The summed E-state index contributed by atoms with van der Waals surface area (Å²) in [4.78, 5) is 30.9. The van der Waals surface area contributed by atoms with Crippen molar-refractivity contribution in [3.05, 3.63) is 57.5 Å². The minimum atomic E-state index is -4.40. The van der Waals surface area contributed by atoms with Gasteiger partial charge in [-0.25, -0.2) is 0 Å². The largest absolute Gasteiger partial charge is 0.460 e. The molecule has 150 valence electrons. The first-order valence-corrected chi connectivity index (χ1v) is 8.91. The van der Waals surface area contributed by atoms with Gasteiger partial charge in [-0.2, -0.15) is 18.2 Å². The Kier molecular flexibility index (Phi) is 5.83. The third-order valence-corrected chi connectivity index (χ3v) is 4.60. The summed E-state index contributed by atoms with van der Waals surface area (Å²) < 4.78 is 43.6. The van der Waals surface area contributed by atoms with E-state index in [0.29, 0.717) is 12.1 Å². The van der Waals surface area contributed by atoms with E-state index in [1.807, 2.05) is 0 Å². The summed E-state index contributed by atoms with van der Waals surface area (Å²) in [5.74, 6) is -0.716. The Labute approximate surface area is 159 Å². The first kappa shape index (κ1) is 20.1. The number of ketones is 1. The Morgan fingerprint density at radius 3 is 2.64 bits per heavy atom. The summed E-state index contributed by atoms with van der Waals surface area (Å²) in [6.07, 6.45) is -3.75. The Bertz CT molecular complexity index is 888. The maximum atomic E-state index is 12.7. The van der Waals surface area contributed by atoms with Gasteiger partial charge in [-0.05, 0) is 36.6 Å². The fraction of sp³-hybridized carbons (Fsp3) is 0.421. The lowest BCUT2D eigenvalue weighted by Crippen LogP contribution is -2.23. The lowest BCUT2D eigenvalue weighted by molar-refractivity contribution is -0.137. The minimum Gasteiger partial charge on any atom is -0.460 e. The van der Waals surface area contributed by atoms with Crippen LogP contribution in [0.1, 0.15) is 47.3 Å². The number of hydrogen-bond donors (Lipinski definition) is 2. The molecular weight excluding hydrogens is 375 g/mol. The Hall–Kier alpha value is -2.68. The first-order chi connectivity index (χ1) is 13.2. The fourth-order valence-electron chi connectivity index (χ4n) is 3.02. The molecule has 0 bridgehead atoms. The summed E-state index contributed by atoms with van der Waals surface area (Å²) >= 11 is 0. The maximum absolute atomic E-state index is 12.7. The summed E-state index contributed by atoms with van der Waals surface area (Å²) in [6.45, 7) is 3.17. The van der Waals surface area contributed by atoms with Crippen molar-refractivity contribution >= 4 is 5.78 Å². The van der Waals surface area contributed by atoms with Crippen molar-refractivity contribution in [2.24, 2.45) is 0 Å². The topological polar surface area (TPSA) is 84.1 Å². The molecule has 0 spiro atoms. The molecule has 2 aromatic rings. The lowest BCUT2D eigenvalue weighted by Gasteiger charge is -2.14. The van der Waals surface area contributed by atoms with Gasteiger partial charge in [-0.1, -0.05) is 19.1 Å². The van der Waals surface area contributed by atoms with E-state index in [2.05, 4.69) is 15.3 Å². The second-order valence-electron chi connectivity index (χ2n) is 6.82. The van der Waals surface area contributed by atoms with Crippen LogP contribution in [0.5, 0.6) is 6.01 Å². The van der Waals surface area contributed by atoms with Crippen LogP contribution in [0.3, 0.4) is 0 Å². The van der Waals surface area contributed by atoms with Gasteiger partial charge in [0.15, 0.2) is 5.78 Å². The number of halogens is 3. The van der Waals surface area contributed by atoms with Crippen LogP contribution in [0.4, 0.5) is 13.2 Å². The minimum absolute atomic E-state index is 0.00619. The zero-order valence-corrected chi connectivity index (χ0v) is 15.2. The highest BCUT2D eigenvalue weighted by Gasteiger charge is 2.30. The van der Waals surface area contributed by atoms with Gasteiger partial charge < -0.3 is 10.1 Å². The Balaban J connectivity index is 1.69. The molecule has 0 aliphatic carbocycles. The second-order valence-corrected chi connectivity index (χ2v) is 6.82. The van der Waals surface area contributed by atoms with Crippen molar-refractivity contribution in [1.29, 1.82) is 0 Å². The van der Waals surface area contributed by atoms with E-state index < -0.39 is 17.3 Å². The van der Waals surface area contributed by atoms with Crippen LogP contribution in [0.25, 0.3) is 0 Å². The molecule has 1 aliphatic rings. The molecule has 2 N–H and O–H groups in total. The monoisotopic (exact) mass is 395 g/mol. The highest BCUT2D eigenvalue weighted by molar-refractivity contribution is 5.94. The van der Waals surface area contributed by atoms with Crippen LogP contribution in [-0.2, 0) is 6.18 Å². The lowest BCUT2D eigenvalue weighted by atomic mass is 9.94. The van der Waals surface area contributed by atoms with Crippen molar-refractivity contribution in [3.8, 4) is 6.01 Å². The fourth-order valence-corrected chi connectivity index (χ4v) is 3.02. The number of rotatable bonds is 6. The van der Waals surface area contributed by atoms with E-state index in [0.717, 1.165) is 31.2 Å². The number of hydrogen-bond acceptors (Lipinski definition) is 5. The number of Topliss-reactive ketones (excluding diaryl/α,β-unsaturated/α-hetero) is 1. The van der Waals surface area contributed by atoms with Gasteiger partial charge in [0.2, 0.25) is 0 Å². The molecule has 6 nitrogen and oxygen atoms in total. The summed E-state index contributed by atoms with van der Waals surface area (Å²) in [5.41, 5.74) is -0.668. The number of carbonyl (C=O) groups is 1. The first-order valence-electron chi connectivity index (χ1n) is 8.91. The predicted molar refractivity (Wildman–Crippen MR) is 95.6 cm³/mol. The molecule has 2 atom stereocenters. The highest BCUT2D eigenvalue weighted by Crippen LogP contribution is 2.30. The van der Waals surface area contributed by atoms with Crippen LogP contribution in [-0.4, -0.2) is 34.9 Å². The van der Waals surface area contributed by atoms with Gasteiger partial charge in [0.25, 0.3) is 11.6 Å². The molecule has 1 aliphatic heterocycles. The highest BCUT2D eigenvalue weighted by atomic mass is 19.4. The van der Waals surface area contributed by atoms with E-state index in [-0.39, 0.29) is 35.9 Å². The van der Waals surface area contributed by atoms with Crippen molar-refractivity contribution < 1.29 is 22.7 Å². The van der Waals surface area contributed by atoms with E-state index >= 15 is 0 Å². The van der Waals surface area contributed by atoms with E-state index in [1.165, 1.54) is 12.1 Å². The van der Waals surface area contributed by atoms with E-state index in [1.54, 1.807) is 6.92 Å². The van der Waals surface area contributed by atoms with Crippen LogP contribution in [0.2, 0.25) is 0 Å². The molecular formula is C19H20F3N3O3. The molecule has 1 saturated heterocycles. The van der Waals surface area contributed by atoms with Crippen molar-refractivity contribution in [3.63, 3.8) is 0 Å².